The Balaban J connectivity index is 0.00000200. The zero-order chi connectivity index (χ0) is 13.7. The van der Waals surface area contributed by atoms with Crippen LogP contribution in [0.2, 0.25) is 0 Å². The molecule has 0 spiro atoms. The van der Waals surface area contributed by atoms with E-state index in [-0.39, 0.29) is 43.3 Å². The molecule has 1 aromatic rings. The molecular weight excluding hydrogens is 315 g/mol. The number of aliphatic imine (C=N–C) groups is 1. The molecule has 0 radical (unpaired) electrons. The second kappa shape index (κ2) is 9.17. The number of halogens is 2. The van der Waals surface area contributed by atoms with Crippen molar-refractivity contribution in [2.24, 2.45) is 15.8 Å². The van der Waals surface area contributed by atoms with Gasteiger partial charge in [0.25, 0.3) is 5.91 Å². The van der Waals surface area contributed by atoms with Gasteiger partial charge in [0.15, 0.2) is 0 Å². The summed E-state index contributed by atoms with van der Waals surface area (Å²) in [5, 5.41) is 4.26. The third-order valence-corrected chi connectivity index (χ3v) is 2.58. The van der Waals surface area contributed by atoms with Crippen molar-refractivity contribution in [3.8, 4) is 0 Å². The number of rotatable bonds is 2. The van der Waals surface area contributed by atoms with Crippen molar-refractivity contribution in [3.05, 3.63) is 35.9 Å². The summed E-state index contributed by atoms with van der Waals surface area (Å²) in [4.78, 5) is 15.4. The highest BCUT2D eigenvalue weighted by molar-refractivity contribution is 6.07. The zero-order valence-electron chi connectivity index (χ0n) is 11.4. The first-order valence-corrected chi connectivity index (χ1v) is 5.92. The largest absolute Gasteiger partial charge is 0.322 e. The second-order valence-corrected chi connectivity index (χ2v) is 4.01. The monoisotopic (exact) mass is 332 g/mol. The number of carbonyl (C=O) groups excluding carboxylic acids is 1. The normalized spacial score (nSPS) is 16.2. The molecule has 5 N–H and O–H groups in total. The molecule has 0 aliphatic carbocycles. The van der Waals surface area contributed by atoms with E-state index in [1.54, 1.807) is 0 Å². The first kappa shape index (κ1) is 19.2. The minimum atomic E-state index is -0.324. The zero-order valence-corrected chi connectivity index (χ0v) is 13.0. The van der Waals surface area contributed by atoms with Crippen molar-refractivity contribution in [2.45, 2.75) is 13.0 Å². The van der Waals surface area contributed by atoms with E-state index >= 15 is 0 Å². The number of hydrazine groups is 1. The Hall–Kier alpha value is -1.83. The Morgan fingerprint density at radius 1 is 1.33 bits per heavy atom. The number of benzene rings is 1. The molecule has 7 nitrogen and oxygen atoms in total. The van der Waals surface area contributed by atoms with E-state index in [0.29, 0.717) is 5.96 Å². The molecule has 2 rings (SSSR count). The van der Waals surface area contributed by atoms with Crippen LogP contribution in [0.15, 0.2) is 40.4 Å². The van der Waals surface area contributed by atoms with E-state index in [2.05, 4.69) is 26.4 Å². The van der Waals surface area contributed by atoms with Gasteiger partial charge in [-0.1, -0.05) is 30.3 Å². The lowest BCUT2D eigenvalue weighted by Gasteiger charge is -2.20. The Bertz CT molecular complexity index is 520. The lowest BCUT2D eigenvalue weighted by atomic mass is 10.0. The SMILES string of the molecule is CC1N=C(NNC(=O)CN)NN=C1c1ccccc1.Cl.Cl. The number of nitrogens with two attached hydrogens (primary N) is 1. The topological polar surface area (TPSA) is 104 Å². The van der Waals surface area contributed by atoms with Crippen molar-refractivity contribution in [2.75, 3.05) is 6.54 Å². The van der Waals surface area contributed by atoms with Gasteiger partial charge in [0.1, 0.15) is 0 Å². The minimum Gasteiger partial charge on any atom is -0.322 e. The number of amides is 1. The number of guanidine groups is 1. The molecule has 0 saturated carbocycles. The fourth-order valence-corrected chi connectivity index (χ4v) is 1.65. The maximum Gasteiger partial charge on any atom is 0.252 e. The molecule has 1 aromatic carbocycles. The quantitative estimate of drug-likeness (QED) is 0.579. The summed E-state index contributed by atoms with van der Waals surface area (Å²) in [5.41, 5.74) is 14.8. The van der Waals surface area contributed by atoms with Gasteiger partial charge in [-0.05, 0) is 12.5 Å². The molecule has 1 heterocycles. The predicted molar refractivity (Wildman–Crippen MR) is 87.8 cm³/mol. The van der Waals surface area contributed by atoms with Crippen LogP contribution in [0.4, 0.5) is 0 Å². The van der Waals surface area contributed by atoms with Crippen LogP contribution >= 0.6 is 24.8 Å². The number of carbonyl (C=O) groups is 1. The first-order valence-electron chi connectivity index (χ1n) is 5.92. The molecule has 1 atom stereocenters. The van der Waals surface area contributed by atoms with E-state index in [0.717, 1.165) is 11.3 Å². The molecule has 0 aromatic heterocycles. The molecule has 21 heavy (non-hydrogen) atoms. The van der Waals surface area contributed by atoms with Gasteiger partial charge in [0.05, 0.1) is 18.3 Å². The smallest absolute Gasteiger partial charge is 0.252 e. The van der Waals surface area contributed by atoms with Crippen molar-refractivity contribution in [3.63, 3.8) is 0 Å². The number of nitrogens with one attached hydrogen (secondary N) is 3. The number of nitrogens with zero attached hydrogens (tertiary/aromatic N) is 2. The van der Waals surface area contributed by atoms with Crippen LogP contribution in [0.25, 0.3) is 0 Å². The van der Waals surface area contributed by atoms with Crippen LogP contribution < -0.4 is 22.0 Å². The van der Waals surface area contributed by atoms with E-state index < -0.39 is 0 Å². The Kier molecular flexibility index (Phi) is 8.37. The van der Waals surface area contributed by atoms with Crippen LogP contribution in [0, 0.1) is 0 Å². The van der Waals surface area contributed by atoms with Crippen LogP contribution in [0.3, 0.4) is 0 Å². The average molecular weight is 333 g/mol. The summed E-state index contributed by atoms with van der Waals surface area (Å²) >= 11 is 0. The van der Waals surface area contributed by atoms with Crippen molar-refractivity contribution in [1.82, 2.24) is 16.3 Å². The maximum atomic E-state index is 11.0. The first-order chi connectivity index (χ1) is 9.20. The fourth-order valence-electron chi connectivity index (χ4n) is 1.65. The van der Waals surface area contributed by atoms with Crippen molar-refractivity contribution < 1.29 is 4.79 Å². The maximum absolute atomic E-state index is 11.0. The van der Waals surface area contributed by atoms with Crippen molar-refractivity contribution in [1.29, 1.82) is 0 Å². The molecule has 1 aliphatic rings. The van der Waals surface area contributed by atoms with Crippen LogP contribution in [-0.4, -0.2) is 30.2 Å². The van der Waals surface area contributed by atoms with Crippen LogP contribution in [0.5, 0.6) is 0 Å². The van der Waals surface area contributed by atoms with Gasteiger partial charge in [-0.25, -0.2) is 10.4 Å². The number of hydrazone groups is 1. The molecule has 1 amide bonds. The van der Waals surface area contributed by atoms with E-state index in [1.807, 2.05) is 37.3 Å². The van der Waals surface area contributed by atoms with Gasteiger partial charge < -0.3 is 5.73 Å². The molecule has 0 saturated heterocycles. The lowest BCUT2D eigenvalue weighted by Crippen LogP contribution is -2.50. The molecule has 0 bridgehead atoms. The molecule has 1 unspecified atom stereocenters. The minimum absolute atomic E-state index is 0. The summed E-state index contributed by atoms with van der Waals surface area (Å²) in [7, 11) is 0. The van der Waals surface area contributed by atoms with Gasteiger partial charge in [0.2, 0.25) is 5.96 Å². The molecule has 116 valence electrons. The van der Waals surface area contributed by atoms with E-state index in [4.69, 9.17) is 5.73 Å². The molecular formula is C12H18Cl2N6O. The lowest BCUT2D eigenvalue weighted by molar-refractivity contribution is -0.120. The highest BCUT2D eigenvalue weighted by atomic mass is 35.5. The molecule has 9 heteroatoms. The van der Waals surface area contributed by atoms with E-state index in [9.17, 15) is 4.79 Å². The Morgan fingerprint density at radius 2 is 2.00 bits per heavy atom. The third kappa shape index (κ3) is 5.22. The molecule has 1 aliphatic heterocycles. The second-order valence-electron chi connectivity index (χ2n) is 4.01. The summed E-state index contributed by atoms with van der Waals surface area (Å²) in [5.74, 6) is 0.0592. The van der Waals surface area contributed by atoms with Gasteiger partial charge in [0, 0.05) is 0 Å². The number of hydrogen-bond donors (Lipinski definition) is 4. The Labute approximate surface area is 135 Å². The van der Waals surface area contributed by atoms with Gasteiger partial charge >= 0.3 is 0 Å². The average Bonchev–Trinajstić information content (AvgIpc) is 2.45. The van der Waals surface area contributed by atoms with Crippen LogP contribution in [-0.2, 0) is 4.79 Å². The summed E-state index contributed by atoms with van der Waals surface area (Å²) in [6.45, 7) is 1.84. The number of hydrogen-bond acceptors (Lipinski definition) is 6. The summed E-state index contributed by atoms with van der Waals surface area (Å²) in [6.07, 6.45) is 0. The third-order valence-electron chi connectivity index (χ3n) is 2.58. The van der Waals surface area contributed by atoms with Crippen molar-refractivity contribution >= 4 is 42.4 Å². The highest BCUT2D eigenvalue weighted by Gasteiger charge is 2.17. The summed E-state index contributed by atoms with van der Waals surface area (Å²) in [6, 6.07) is 9.68. The molecule has 0 fully saturated rings. The predicted octanol–water partition coefficient (Wildman–Crippen LogP) is 0.162. The Morgan fingerprint density at radius 3 is 2.57 bits per heavy atom. The van der Waals surface area contributed by atoms with Gasteiger partial charge in [-0.3, -0.25) is 15.6 Å². The van der Waals surface area contributed by atoms with Gasteiger partial charge in [-0.2, -0.15) is 5.10 Å². The highest BCUT2D eigenvalue weighted by Crippen LogP contribution is 2.09. The summed E-state index contributed by atoms with van der Waals surface area (Å²) < 4.78 is 0. The fraction of sp³-hybridized carbons (Fsp3) is 0.250. The van der Waals surface area contributed by atoms with E-state index in [1.165, 1.54) is 0 Å². The van der Waals surface area contributed by atoms with Gasteiger partial charge in [-0.15, -0.1) is 24.8 Å². The van der Waals surface area contributed by atoms with Crippen LogP contribution in [0.1, 0.15) is 12.5 Å². The standard InChI is InChI=1S/C12H16N6O.2ClH/c1-8-11(9-5-3-2-4-6-9)16-18-12(14-8)17-15-10(19)7-13;;/h2-6,8H,7,13H2,1H3,(H,15,19)(H2,14,17,18);2*1H.